The van der Waals surface area contributed by atoms with Gasteiger partial charge in [-0.1, -0.05) is 60.7 Å². The van der Waals surface area contributed by atoms with Crippen molar-refractivity contribution in [2.45, 2.75) is 25.0 Å². The van der Waals surface area contributed by atoms with Crippen LogP contribution in [0.15, 0.2) is 73.1 Å². The van der Waals surface area contributed by atoms with E-state index >= 15 is 0 Å². The van der Waals surface area contributed by atoms with E-state index in [1.807, 2.05) is 0 Å². The van der Waals surface area contributed by atoms with Crippen molar-refractivity contribution in [1.29, 1.82) is 0 Å². The highest BCUT2D eigenvalue weighted by Gasteiger charge is 2.28. The average Bonchev–Trinajstić information content (AvgIpc) is 2.86. The van der Waals surface area contributed by atoms with Gasteiger partial charge in [0.25, 0.3) is 0 Å². The minimum atomic E-state index is 0.150. The first-order valence-electron chi connectivity index (χ1n) is 11.5. The SMILES string of the molecule is c1ccc(CC2CN(c3nccnc3N3CCOC(Cc4ccccc4)C3)CCO2)cc1. The van der Waals surface area contributed by atoms with Crippen LogP contribution in [0.3, 0.4) is 0 Å². The maximum absolute atomic E-state index is 6.08. The van der Waals surface area contributed by atoms with Crippen molar-refractivity contribution in [3.63, 3.8) is 0 Å². The normalized spacial score (nSPS) is 21.5. The molecule has 0 N–H and O–H groups in total. The Morgan fingerprint density at radius 3 is 1.53 bits per heavy atom. The zero-order chi connectivity index (χ0) is 21.6. The first-order chi connectivity index (χ1) is 15.8. The van der Waals surface area contributed by atoms with Gasteiger partial charge in [-0.15, -0.1) is 0 Å². The van der Waals surface area contributed by atoms with Gasteiger partial charge < -0.3 is 19.3 Å². The number of hydrogen-bond acceptors (Lipinski definition) is 6. The number of anilines is 2. The molecular formula is C26H30N4O2. The summed E-state index contributed by atoms with van der Waals surface area (Å²) < 4.78 is 12.2. The molecule has 2 aliphatic rings. The molecule has 6 heteroatoms. The number of aromatic nitrogens is 2. The van der Waals surface area contributed by atoms with E-state index < -0.39 is 0 Å². The van der Waals surface area contributed by atoms with Crippen LogP contribution in [0.1, 0.15) is 11.1 Å². The number of benzene rings is 2. The van der Waals surface area contributed by atoms with Crippen molar-refractivity contribution in [3.05, 3.63) is 84.2 Å². The number of rotatable bonds is 6. The van der Waals surface area contributed by atoms with Gasteiger partial charge in [0.15, 0.2) is 11.6 Å². The molecule has 2 unspecified atom stereocenters. The van der Waals surface area contributed by atoms with Gasteiger partial charge in [-0.3, -0.25) is 0 Å². The second-order valence-corrected chi connectivity index (χ2v) is 8.46. The fourth-order valence-corrected chi connectivity index (χ4v) is 4.59. The van der Waals surface area contributed by atoms with Crippen molar-refractivity contribution >= 4 is 11.6 Å². The number of ether oxygens (including phenoxy) is 2. The lowest BCUT2D eigenvalue weighted by molar-refractivity contribution is 0.0390. The number of hydrogen-bond donors (Lipinski definition) is 0. The van der Waals surface area contributed by atoms with E-state index in [2.05, 4.69) is 70.5 Å². The third kappa shape index (κ3) is 5.09. The molecule has 32 heavy (non-hydrogen) atoms. The number of nitrogens with zero attached hydrogens (tertiary/aromatic N) is 4. The van der Waals surface area contributed by atoms with E-state index in [-0.39, 0.29) is 12.2 Å². The zero-order valence-electron chi connectivity index (χ0n) is 18.3. The van der Waals surface area contributed by atoms with Crippen LogP contribution >= 0.6 is 0 Å². The summed E-state index contributed by atoms with van der Waals surface area (Å²) in [4.78, 5) is 14.2. The molecule has 1 aromatic heterocycles. The zero-order valence-corrected chi connectivity index (χ0v) is 18.3. The van der Waals surface area contributed by atoms with Crippen LogP contribution in [-0.4, -0.2) is 61.6 Å². The Morgan fingerprint density at radius 1 is 0.656 bits per heavy atom. The molecule has 2 fully saturated rings. The molecule has 2 aliphatic heterocycles. The summed E-state index contributed by atoms with van der Waals surface area (Å²) in [5.41, 5.74) is 2.60. The summed E-state index contributed by atoms with van der Waals surface area (Å²) in [5, 5.41) is 0. The molecule has 166 valence electrons. The largest absolute Gasteiger partial charge is 0.374 e. The molecule has 2 aromatic carbocycles. The Hall–Kier alpha value is -2.96. The maximum Gasteiger partial charge on any atom is 0.172 e. The van der Waals surface area contributed by atoms with Gasteiger partial charge in [0.05, 0.1) is 25.4 Å². The molecule has 3 heterocycles. The van der Waals surface area contributed by atoms with Crippen LogP contribution in [0.4, 0.5) is 11.6 Å². The Morgan fingerprint density at radius 2 is 1.09 bits per heavy atom. The van der Waals surface area contributed by atoms with Crippen LogP contribution in [0.5, 0.6) is 0 Å². The molecule has 0 bridgehead atoms. The summed E-state index contributed by atoms with van der Waals surface area (Å²) in [6, 6.07) is 21.1. The third-order valence-electron chi connectivity index (χ3n) is 6.15. The monoisotopic (exact) mass is 430 g/mol. The Labute approximate surface area is 189 Å². The summed E-state index contributed by atoms with van der Waals surface area (Å²) in [7, 11) is 0. The topological polar surface area (TPSA) is 50.7 Å². The van der Waals surface area contributed by atoms with Crippen molar-refractivity contribution in [2.24, 2.45) is 0 Å². The third-order valence-corrected chi connectivity index (χ3v) is 6.15. The van der Waals surface area contributed by atoms with Crippen molar-refractivity contribution in [3.8, 4) is 0 Å². The van der Waals surface area contributed by atoms with Gasteiger partial charge in [0.2, 0.25) is 0 Å². The van der Waals surface area contributed by atoms with Gasteiger partial charge in [0.1, 0.15) is 0 Å². The van der Waals surface area contributed by atoms with Crippen LogP contribution in [0, 0.1) is 0 Å². The van der Waals surface area contributed by atoms with Crippen molar-refractivity contribution in [1.82, 2.24) is 9.97 Å². The van der Waals surface area contributed by atoms with Crippen molar-refractivity contribution in [2.75, 3.05) is 49.2 Å². The second kappa shape index (κ2) is 10.1. The lowest BCUT2D eigenvalue weighted by Crippen LogP contribution is -2.47. The molecule has 0 spiro atoms. The molecule has 0 saturated carbocycles. The van der Waals surface area contributed by atoms with E-state index in [0.717, 1.165) is 50.7 Å². The Kier molecular flexibility index (Phi) is 6.61. The van der Waals surface area contributed by atoms with Gasteiger partial charge in [0, 0.05) is 51.4 Å². The van der Waals surface area contributed by atoms with Crippen LogP contribution < -0.4 is 9.80 Å². The summed E-state index contributed by atoms with van der Waals surface area (Å²) >= 11 is 0. The molecule has 2 saturated heterocycles. The highest BCUT2D eigenvalue weighted by molar-refractivity contribution is 5.62. The minimum Gasteiger partial charge on any atom is -0.374 e. The summed E-state index contributed by atoms with van der Waals surface area (Å²) in [6.07, 6.45) is 5.70. The molecular weight excluding hydrogens is 400 g/mol. The highest BCUT2D eigenvalue weighted by Crippen LogP contribution is 2.28. The fourth-order valence-electron chi connectivity index (χ4n) is 4.59. The Bertz CT molecular complexity index is 905. The Balaban J connectivity index is 1.29. The molecule has 0 radical (unpaired) electrons. The lowest BCUT2D eigenvalue weighted by Gasteiger charge is -2.38. The fraction of sp³-hybridized carbons (Fsp3) is 0.385. The molecule has 0 amide bonds. The lowest BCUT2D eigenvalue weighted by atomic mass is 10.1. The van der Waals surface area contributed by atoms with Gasteiger partial charge in [-0.25, -0.2) is 9.97 Å². The van der Waals surface area contributed by atoms with E-state index in [0.29, 0.717) is 13.2 Å². The van der Waals surface area contributed by atoms with E-state index in [9.17, 15) is 0 Å². The maximum atomic E-state index is 6.08. The molecule has 0 aliphatic carbocycles. The van der Waals surface area contributed by atoms with Crippen LogP contribution in [-0.2, 0) is 22.3 Å². The molecule has 2 atom stereocenters. The minimum absolute atomic E-state index is 0.150. The van der Waals surface area contributed by atoms with Gasteiger partial charge in [-0.05, 0) is 11.1 Å². The van der Waals surface area contributed by atoms with Crippen LogP contribution in [0.25, 0.3) is 0 Å². The van der Waals surface area contributed by atoms with Crippen molar-refractivity contribution < 1.29 is 9.47 Å². The smallest absolute Gasteiger partial charge is 0.172 e. The van der Waals surface area contributed by atoms with E-state index in [1.54, 1.807) is 12.4 Å². The number of morpholine rings is 2. The predicted octanol–water partition coefficient (Wildman–Crippen LogP) is 3.37. The van der Waals surface area contributed by atoms with Crippen LogP contribution in [0.2, 0.25) is 0 Å². The molecule has 6 nitrogen and oxygen atoms in total. The highest BCUT2D eigenvalue weighted by atomic mass is 16.5. The second-order valence-electron chi connectivity index (χ2n) is 8.46. The molecule has 5 rings (SSSR count). The predicted molar refractivity (Wildman–Crippen MR) is 126 cm³/mol. The first kappa shape index (κ1) is 20.9. The first-order valence-corrected chi connectivity index (χ1v) is 11.5. The van der Waals surface area contributed by atoms with E-state index in [1.165, 1.54) is 11.1 Å². The van der Waals surface area contributed by atoms with Gasteiger partial charge >= 0.3 is 0 Å². The van der Waals surface area contributed by atoms with E-state index in [4.69, 9.17) is 19.4 Å². The standard InChI is InChI=1S/C26H30N4O2/c1-3-7-21(8-4-1)17-23-19-29(13-15-31-23)25-26(28-12-11-27-25)30-14-16-32-24(20-30)18-22-9-5-2-6-10-22/h1-12,23-24H,13-20H2. The average molecular weight is 431 g/mol. The van der Waals surface area contributed by atoms with Gasteiger partial charge in [-0.2, -0.15) is 0 Å². The summed E-state index contributed by atoms with van der Waals surface area (Å²) in [5.74, 6) is 1.91. The molecule has 3 aromatic rings. The quantitative estimate of drug-likeness (QED) is 0.598. The summed E-state index contributed by atoms with van der Waals surface area (Å²) in [6.45, 7) is 4.70.